The zero-order valence-electron chi connectivity index (χ0n) is 18.8. The molecule has 2 aromatic rings. The SMILES string of the molecule is CO[C@]1(C(F)F)CO[C@@]2(CCN(Cc3cnn(CCS(C)(=O)=O)c3)[C@@H](C)C2)c2sc(Cl)cc21. The van der Waals surface area contributed by atoms with Crippen LogP contribution in [0.25, 0.3) is 0 Å². The van der Waals surface area contributed by atoms with Crippen LogP contribution < -0.4 is 0 Å². The first-order valence-corrected chi connectivity index (χ1v) is 13.9. The number of nitrogens with zero attached hydrogens (tertiary/aromatic N) is 3. The first kappa shape index (κ1) is 25.0. The molecule has 12 heteroatoms. The molecule has 3 atom stereocenters. The van der Waals surface area contributed by atoms with E-state index in [4.69, 9.17) is 21.1 Å². The van der Waals surface area contributed by atoms with Crippen molar-refractivity contribution in [1.29, 1.82) is 0 Å². The van der Waals surface area contributed by atoms with E-state index in [1.165, 1.54) is 24.7 Å². The van der Waals surface area contributed by atoms with E-state index in [-0.39, 0.29) is 18.4 Å². The van der Waals surface area contributed by atoms with Crippen LogP contribution in [0.2, 0.25) is 4.34 Å². The molecule has 4 rings (SSSR count). The largest absolute Gasteiger partial charge is 0.366 e. The van der Waals surface area contributed by atoms with Gasteiger partial charge in [-0.1, -0.05) is 11.6 Å². The van der Waals surface area contributed by atoms with Gasteiger partial charge in [0.15, 0.2) is 5.60 Å². The van der Waals surface area contributed by atoms with Crippen LogP contribution >= 0.6 is 22.9 Å². The normalized spacial score (nSPS) is 28.5. The fraction of sp³-hybridized carbons (Fsp3) is 0.667. The van der Waals surface area contributed by atoms with E-state index in [9.17, 15) is 17.2 Å². The van der Waals surface area contributed by atoms with Gasteiger partial charge in [0.25, 0.3) is 6.43 Å². The predicted octanol–water partition coefficient (Wildman–Crippen LogP) is 3.66. The highest BCUT2D eigenvalue weighted by Crippen LogP contribution is 2.54. The Balaban J connectivity index is 1.49. The van der Waals surface area contributed by atoms with Crippen molar-refractivity contribution in [3.8, 4) is 0 Å². The number of methoxy groups -OCH3 is 1. The number of hydrogen-bond acceptors (Lipinski definition) is 7. The van der Waals surface area contributed by atoms with E-state index in [1.54, 1.807) is 16.9 Å². The molecular weight excluding hydrogens is 496 g/mol. The first-order valence-electron chi connectivity index (χ1n) is 10.7. The van der Waals surface area contributed by atoms with Crippen molar-refractivity contribution < 1.29 is 26.7 Å². The molecular formula is C21H28ClF2N3O4S2. The second kappa shape index (κ2) is 9.16. The van der Waals surface area contributed by atoms with Crippen molar-refractivity contribution in [2.45, 2.75) is 56.5 Å². The maximum Gasteiger partial charge on any atom is 0.273 e. The minimum atomic E-state index is -3.05. The third-order valence-corrected chi connectivity index (χ3v) is 9.04. The third kappa shape index (κ3) is 4.85. The van der Waals surface area contributed by atoms with E-state index in [0.717, 1.165) is 10.4 Å². The number of aryl methyl sites for hydroxylation is 1. The highest BCUT2D eigenvalue weighted by Gasteiger charge is 2.56. The molecule has 7 nitrogen and oxygen atoms in total. The van der Waals surface area contributed by atoms with Gasteiger partial charge in [-0.05, 0) is 25.8 Å². The van der Waals surface area contributed by atoms with Crippen LogP contribution in [-0.4, -0.2) is 67.8 Å². The lowest BCUT2D eigenvalue weighted by Gasteiger charge is -2.50. The Labute approximate surface area is 201 Å². The van der Waals surface area contributed by atoms with Crippen LogP contribution in [0.1, 0.15) is 35.8 Å². The van der Waals surface area contributed by atoms with Gasteiger partial charge in [-0.2, -0.15) is 5.10 Å². The zero-order valence-corrected chi connectivity index (χ0v) is 21.2. The zero-order chi connectivity index (χ0) is 24.0. The Hall–Kier alpha value is -1.11. The molecule has 0 bridgehead atoms. The lowest BCUT2D eigenvalue weighted by Crippen LogP contribution is -2.55. The molecule has 0 radical (unpaired) electrons. The molecule has 0 aromatic carbocycles. The van der Waals surface area contributed by atoms with Gasteiger partial charge in [-0.3, -0.25) is 9.58 Å². The van der Waals surface area contributed by atoms with Crippen molar-refractivity contribution in [2.75, 3.05) is 32.3 Å². The fourth-order valence-electron chi connectivity index (χ4n) is 4.77. The van der Waals surface area contributed by atoms with Crippen LogP contribution in [0.4, 0.5) is 8.78 Å². The molecule has 0 unspecified atom stereocenters. The van der Waals surface area contributed by atoms with Gasteiger partial charge in [-0.15, -0.1) is 11.3 Å². The molecule has 184 valence electrons. The quantitative estimate of drug-likeness (QED) is 0.551. The number of aromatic nitrogens is 2. The number of thiophene rings is 1. The summed E-state index contributed by atoms with van der Waals surface area (Å²) in [7, 11) is -1.77. The van der Waals surface area contributed by atoms with Crippen LogP contribution in [0.15, 0.2) is 18.5 Å². The second-order valence-electron chi connectivity index (χ2n) is 8.99. The van der Waals surface area contributed by atoms with Gasteiger partial charge < -0.3 is 9.47 Å². The number of hydrogen-bond donors (Lipinski definition) is 0. The number of fused-ring (bicyclic) bond motifs is 2. The standard InChI is InChI=1S/C21H28ClF2N3O4S2/c1-14-9-20(18-16(8-17(22)32-18)21(30-2,13-31-20)19(23)24)4-5-26(14)11-15-10-25-27(12-15)6-7-33(3,28)29/h8,10,12,14,19H,4-7,9,11,13H2,1-3H3/t14-,20+,21+/m0/s1. The molecule has 0 amide bonds. The fourth-order valence-corrected chi connectivity index (χ4v) is 6.77. The Kier molecular flexibility index (Phi) is 6.94. The molecule has 2 aliphatic heterocycles. The summed E-state index contributed by atoms with van der Waals surface area (Å²) in [6, 6.07) is 1.72. The topological polar surface area (TPSA) is 73.7 Å². The Morgan fingerprint density at radius 2 is 2.21 bits per heavy atom. The molecule has 0 aliphatic carbocycles. The van der Waals surface area contributed by atoms with E-state index >= 15 is 0 Å². The smallest absolute Gasteiger partial charge is 0.273 e. The number of sulfone groups is 1. The summed E-state index contributed by atoms with van der Waals surface area (Å²) in [5, 5.41) is 4.27. The van der Waals surface area contributed by atoms with E-state index in [1.807, 2.05) is 6.20 Å². The lowest BCUT2D eigenvalue weighted by atomic mass is 9.78. The summed E-state index contributed by atoms with van der Waals surface area (Å²) >= 11 is 7.57. The van der Waals surface area contributed by atoms with Gasteiger partial charge in [0.05, 0.1) is 29.4 Å². The van der Waals surface area contributed by atoms with E-state index in [0.29, 0.717) is 42.4 Å². The average molecular weight is 524 g/mol. The lowest BCUT2D eigenvalue weighted by molar-refractivity contribution is -0.221. The summed E-state index contributed by atoms with van der Waals surface area (Å²) in [6.07, 6.45) is 3.38. The molecule has 1 spiro atoms. The molecule has 33 heavy (non-hydrogen) atoms. The summed E-state index contributed by atoms with van der Waals surface area (Å²) in [6.45, 7) is 3.56. The van der Waals surface area contributed by atoms with Crippen molar-refractivity contribution in [1.82, 2.24) is 14.7 Å². The summed E-state index contributed by atoms with van der Waals surface area (Å²) < 4.78 is 64.4. The van der Waals surface area contributed by atoms with Gasteiger partial charge in [-0.25, -0.2) is 17.2 Å². The molecule has 2 aliphatic rings. The van der Waals surface area contributed by atoms with Crippen LogP contribution in [0, 0.1) is 0 Å². The van der Waals surface area contributed by atoms with Crippen LogP contribution in [0.5, 0.6) is 0 Å². The minimum Gasteiger partial charge on any atom is -0.366 e. The summed E-state index contributed by atoms with van der Waals surface area (Å²) in [4.78, 5) is 3.04. The maximum absolute atomic E-state index is 14.0. The van der Waals surface area contributed by atoms with Gasteiger partial charge in [0, 0.05) is 54.7 Å². The summed E-state index contributed by atoms with van der Waals surface area (Å²) in [5.41, 5.74) is -1.04. The summed E-state index contributed by atoms with van der Waals surface area (Å²) in [5.74, 6) is 0.0430. The predicted molar refractivity (Wildman–Crippen MR) is 123 cm³/mol. The maximum atomic E-state index is 14.0. The minimum absolute atomic E-state index is 0.0430. The van der Waals surface area contributed by atoms with Gasteiger partial charge >= 0.3 is 0 Å². The van der Waals surface area contributed by atoms with Crippen molar-refractivity contribution in [2.24, 2.45) is 0 Å². The molecule has 2 aromatic heterocycles. The van der Waals surface area contributed by atoms with Gasteiger partial charge in [0.2, 0.25) is 0 Å². The van der Waals surface area contributed by atoms with Gasteiger partial charge in [0.1, 0.15) is 15.4 Å². The van der Waals surface area contributed by atoms with Crippen LogP contribution in [-0.2, 0) is 43.6 Å². The third-order valence-electron chi connectivity index (χ3n) is 6.67. The van der Waals surface area contributed by atoms with E-state index in [2.05, 4.69) is 16.9 Å². The highest BCUT2D eigenvalue weighted by molar-refractivity contribution is 7.90. The number of piperidine rings is 1. The Morgan fingerprint density at radius 3 is 2.85 bits per heavy atom. The number of likely N-dealkylation sites (tertiary alicyclic amines) is 1. The molecule has 1 fully saturated rings. The van der Waals surface area contributed by atoms with Crippen molar-refractivity contribution in [3.05, 3.63) is 38.8 Å². The number of ether oxygens (including phenoxy) is 2. The number of rotatable bonds is 7. The average Bonchev–Trinajstić information content (AvgIpc) is 3.35. The highest BCUT2D eigenvalue weighted by atomic mass is 35.5. The number of alkyl halides is 2. The first-order chi connectivity index (χ1) is 15.5. The number of halogens is 3. The van der Waals surface area contributed by atoms with Crippen molar-refractivity contribution in [3.63, 3.8) is 0 Å². The van der Waals surface area contributed by atoms with E-state index < -0.39 is 27.5 Å². The Bertz CT molecular complexity index is 1110. The molecule has 0 saturated carbocycles. The molecule has 0 N–H and O–H groups in total. The monoisotopic (exact) mass is 523 g/mol. The second-order valence-corrected chi connectivity index (χ2v) is 12.9. The van der Waals surface area contributed by atoms with Crippen molar-refractivity contribution >= 4 is 32.8 Å². The molecule has 1 saturated heterocycles. The Morgan fingerprint density at radius 1 is 1.45 bits per heavy atom. The van der Waals surface area contributed by atoms with Crippen LogP contribution in [0.3, 0.4) is 0 Å². The molecule has 4 heterocycles.